The van der Waals surface area contributed by atoms with Crippen LogP contribution in [-0.2, 0) is 4.79 Å². The number of hydrogen-bond donors (Lipinski definition) is 1. The van der Waals surface area contributed by atoms with Crippen LogP contribution in [0.2, 0.25) is 24.2 Å². The Morgan fingerprint density at radius 3 is 2.36 bits per heavy atom. The van der Waals surface area contributed by atoms with Gasteiger partial charge in [0.25, 0.3) is 0 Å². The fraction of sp³-hybridized carbons (Fsp3) is 0.545. The predicted octanol–water partition coefficient (Wildman–Crippen LogP) is 2.28. The Balaban J connectivity index is 2.13. The van der Waals surface area contributed by atoms with E-state index in [0.29, 0.717) is 16.8 Å². The van der Waals surface area contributed by atoms with Gasteiger partial charge in [-0.15, -0.1) is 0 Å². The van der Waals surface area contributed by atoms with Crippen LogP contribution in [0.15, 0.2) is 24.0 Å². The number of aliphatic hydroxyl groups excluding tert-OH is 1. The summed E-state index contributed by atoms with van der Waals surface area (Å²) in [6.45, 7) is 4.67. The zero-order valence-electron chi connectivity index (χ0n) is 8.40. The molecule has 1 aliphatic carbocycles. The lowest BCUT2D eigenvalue weighted by Gasteiger charge is -2.23. The van der Waals surface area contributed by atoms with Gasteiger partial charge in [-0.2, -0.15) is 0 Å². The van der Waals surface area contributed by atoms with E-state index in [1.54, 1.807) is 0 Å². The predicted molar refractivity (Wildman–Crippen MR) is 56.8 cm³/mol. The minimum atomic E-state index is -1.35. The van der Waals surface area contributed by atoms with Crippen molar-refractivity contribution in [2.45, 2.75) is 24.2 Å². The standard InChI is InChI=1S/C11H14O2Si/c1-14(2)8-3-4-9(14)11-7(13)5-6(12)10(8)11/h3-5,8-12H,1-2H3/t8-,9-,10-,11+/m0/s1. The largest absolute Gasteiger partial charge is 0.512 e. The summed E-state index contributed by atoms with van der Waals surface area (Å²) in [5, 5.41) is 9.75. The summed E-state index contributed by atoms with van der Waals surface area (Å²) >= 11 is 0. The maximum absolute atomic E-state index is 11.7. The molecule has 0 spiro atoms. The highest BCUT2D eigenvalue weighted by molar-refractivity contribution is 6.83. The molecule has 0 saturated carbocycles. The minimum absolute atomic E-state index is 0.0895. The summed E-state index contributed by atoms with van der Waals surface area (Å²) in [6, 6.07) is 0. The normalized spacial score (nSPS) is 47.0. The lowest BCUT2D eigenvalue weighted by atomic mass is 9.84. The molecular weight excluding hydrogens is 192 g/mol. The lowest BCUT2D eigenvalue weighted by molar-refractivity contribution is -0.118. The second-order valence-electron chi connectivity index (χ2n) is 5.28. The van der Waals surface area contributed by atoms with Gasteiger partial charge in [-0.05, 0) is 11.1 Å². The van der Waals surface area contributed by atoms with E-state index < -0.39 is 8.07 Å². The molecule has 4 atom stereocenters. The second kappa shape index (κ2) is 2.22. The summed E-state index contributed by atoms with van der Waals surface area (Å²) in [4.78, 5) is 11.7. The van der Waals surface area contributed by atoms with Gasteiger partial charge in [0.15, 0.2) is 5.78 Å². The third kappa shape index (κ3) is 0.715. The molecule has 0 radical (unpaired) electrons. The third-order valence-corrected chi connectivity index (χ3v) is 8.90. The van der Waals surface area contributed by atoms with Gasteiger partial charge in [-0.1, -0.05) is 25.2 Å². The first kappa shape index (κ1) is 8.47. The number of fused-ring (bicyclic) bond motifs is 5. The molecule has 2 aliphatic heterocycles. The minimum Gasteiger partial charge on any atom is -0.512 e. The van der Waals surface area contributed by atoms with Crippen molar-refractivity contribution in [3.05, 3.63) is 24.0 Å². The van der Waals surface area contributed by atoms with Crippen LogP contribution >= 0.6 is 0 Å². The van der Waals surface area contributed by atoms with E-state index in [-0.39, 0.29) is 17.6 Å². The Kier molecular flexibility index (Phi) is 1.34. The molecule has 14 heavy (non-hydrogen) atoms. The van der Waals surface area contributed by atoms with E-state index in [0.717, 1.165) is 0 Å². The van der Waals surface area contributed by atoms with Crippen molar-refractivity contribution in [1.82, 2.24) is 0 Å². The van der Waals surface area contributed by atoms with Crippen molar-refractivity contribution in [2.75, 3.05) is 0 Å². The van der Waals surface area contributed by atoms with Gasteiger partial charge in [0.2, 0.25) is 0 Å². The summed E-state index contributed by atoms with van der Waals surface area (Å²) in [6.07, 6.45) is 5.91. The number of aliphatic hydroxyl groups is 1. The smallest absolute Gasteiger partial charge is 0.163 e. The van der Waals surface area contributed by atoms with Crippen LogP contribution in [0, 0.1) is 11.8 Å². The zero-order valence-corrected chi connectivity index (χ0v) is 9.40. The van der Waals surface area contributed by atoms with Crippen LogP contribution in [-0.4, -0.2) is 19.0 Å². The Morgan fingerprint density at radius 1 is 1.21 bits per heavy atom. The molecule has 0 aromatic carbocycles. The van der Waals surface area contributed by atoms with Crippen molar-refractivity contribution in [2.24, 2.45) is 11.8 Å². The molecule has 3 rings (SSSR count). The first-order chi connectivity index (χ1) is 6.53. The number of carbonyl (C=O) groups excluding carboxylic acids is 1. The molecular formula is C11H14O2Si. The van der Waals surface area contributed by atoms with E-state index >= 15 is 0 Å². The van der Waals surface area contributed by atoms with Crippen LogP contribution in [0.3, 0.4) is 0 Å². The Hall–Kier alpha value is -0.833. The average Bonchev–Trinajstić information content (AvgIpc) is 2.63. The molecule has 2 bridgehead atoms. The molecule has 3 aliphatic rings. The number of allylic oxidation sites excluding steroid dienone is 4. The molecule has 1 N–H and O–H groups in total. The quantitative estimate of drug-likeness (QED) is 0.487. The van der Waals surface area contributed by atoms with Gasteiger partial charge < -0.3 is 5.11 Å². The molecule has 0 aromatic rings. The molecule has 2 heterocycles. The topological polar surface area (TPSA) is 37.3 Å². The molecule has 1 fully saturated rings. The number of hydrogen-bond acceptors (Lipinski definition) is 2. The van der Waals surface area contributed by atoms with Crippen LogP contribution in [0.25, 0.3) is 0 Å². The van der Waals surface area contributed by atoms with E-state index in [9.17, 15) is 9.90 Å². The highest BCUT2D eigenvalue weighted by Crippen LogP contribution is 2.63. The lowest BCUT2D eigenvalue weighted by Crippen LogP contribution is -2.29. The summed E-state index contributed by atoms with van der Waals surface area (Å²) in [5.41, 5.74) is 0.950. The van der Waals surface area contributed by atoms with Crippen molar-refractivity contribution in [1.29, 1.82) is 0 Å². The molecule has 0 unspecified atom stereocenters. The fourth-order valence-corrected chi connectivity index (χ4v) is 7.89. The van der Waals surface area contributed by atoms with E-state index in [2.05, 4.69) is 25.2 Å². The zero-order chi connectivity index (χ0) is 10.1. The van der Waals surface area contributed by atoms with E-state index in [1.165, 1.54) is 6.08 Å². The molecule has 74 valence electrons. The highest BCUT2D eigenvalue weighted by atomic mass is 28.3. The van der Waals surface area contributed by atoms with Crippen LogP contribution < -0.4 is 0 Å². The van der Waals surface area contributed by atoms with Crippen molar-refractivity contribution in [3.8, 4) is 0 Å². The molecule has 1 saturated heterocycles. The van der Waals surface area contributed by atoms with Crippen molar-refractivity contribution >= 4 is 13.9 Å². The van der Waals surface area contributed by atoms with Crippen molar-refractivity contribution < 1.29 is 9.90 Å². The van der Waals surface area contributed by atoms with Crippen LogP contribution in [0.4, 0.5) is 0 Å². The number of rotatable bonds is 0. The van der Waals surface area contributed by atoms with Crippen LogP contribution in [0.5, 0.6) is 0 Å². The molecule has 0 aromatic heterocycles. The Labute approximate surface area is 84.3 Å². The summed E-state index contributed by atoms with van der Waals surface area (Å²) in [7, 11) is -1.35. The third-order valence-electron chi connectivity index (χ3n) is 4.36. The Bertz CT molecular complexity index is 381. The molecule has 0 amide bonds. The second-order valence-corrected chi connectivity index (χ2v) is 10.3. The van der Waals surface area contributed by atoms with E-state index in [4.69, 9.17) is 0 Å². The SMILES string of the molecule is C[Si]1(C)[C@H]2C=C[C@H]1[C@H]1C(=O)C=C(O)[C@H]12. The first-order valence-electron chi connectivity index (χ1n) is 5.16. The van der Waals surface area contributed by atoms with Gasteiger partial charge in [0.1, 0.15) is 0 Å². The van der Waals surface area contributed by atoms with Gasteiger partial charge in [-0.3, -0.25) is 4.79 Å². The van der Waals surface area contributed by atoms with Gasteiger partial charge in [0.05, 0.1) is 13.8 Å². The summed E-state index contributed by atoms with van der Waals surface area (Å²) in [5.74, 6) is 0.730. The number of ketones is 1. The van der Waals surface area contributed by atoms with E-state index in [1.807, 2.05) is 0 Å². The fourth-order valence-electron chi connectivity index (χ4n) is 3.63. The molecule has 3 heteroatoms. The first-order valence-corrected chi connectivity index (χ1v) is 8.31. The summed E-state index contributed by atoms with van der Waals surface area (Å²) < 4.78 is 0. The maximum Gasteiger partial charge on any atom is 0.163 e. The van der Waals surface area contributed by atoms with Crippen molar-refractivity contribution in [3.63, 3.8) is 0 Å². The number of carbonyl (C=O) groups is 1. The van der Waals surface area contributed by atoms with Gasteiger partial charge in [0, 0.05) is 17.9 Å². The maximum atomic E-state index is 11.7. The van der Waals surface area contributed by atoms with Crippen LogP contribution in [0.1, 0.15) is 0 Å². The molecule has 2 nitrogen and oxygen atoms in total. The Morgan fingerprint density at radius 2 is 1.79 bits per heavy atom. The average molecular weight is 206 g/mol. The van der Waals surface area contributed by atoms with Gasteiger partial charge in [-0.25, -0.2) is 0 Å². The highest BCUT2D eigenvalue weighted by Gasteiger charge is 2.62. The van der Waals surface area contributed by atoms with Gasteiger partial charge >= 0.3 is 0 Å². The monoisotopic (exact) mass is 206 g/mol.